The van der Waals surface area contributed by atoms with Gasteiger partial charge in [0.15, 0.2) is 11.8 Å². The van der Waals surface area contributed by atoms with Gasteiger partial charge in [0.05, 0.1) is 11.1 Å². The summed E-state index contributed by atoms with van der Waals surface area (Å²) in [6.07, 6.45) is 4.41. The third kappa shape index (κ3) is 3.25. The number of furan rings is 1. The number of nitrogens with zero attached hydrogens (tertiary/aromatic N) is 2. The first-order chi connectivity index (χ1) is 17.3. The molecule has 2 aromatic carbocycles. The smallest absolute Gasteiger partial charge is 0.227 e. The normalized spacial score (nSPS) is 17.5. The topological polar surface area (TPSA) is 29.9 Å². The summed E-state index contributed by atoms with van der Waals surface area (Å²) in [5.74, 6) is -0.699. The molecule has 0 saturated carbocycles. The lowest BCUT2D eigenvalue weighted by Gasteiger charge is -2.43. The van der Waals surface area contributed by atoms with Crippen LogP contribution in [-0.4, -0.2) is 4.98 Å². The van der Waals surface area contributed by atoms with E-state index in [0.717, 1.165) is 51.2 Å². The van der Waals surface area contributed by atoms with Crippen molar-refractivity contribution in [3.8, 4) is 11.3 Å². The van der Waals surface area contributed by atoms with E-state index in [1.165, 1.54) is 22.4 Å². The number of benzene rings is 2. The predicted molar refractivity (Wildman–Crippen MR) is 150 cm³/mol. The van der Waals surface area contributed by atoms with Crippen LogP contribution in [0.5, 0.6) is 0 Å². The van der Waals surface area contributed by atoms with Crippen LogP contribution < -0.4 is 4.57 Å². The predicted octanol–water partition coefficient (Wildman–Crippen LogP) is 8.41. The Morgan fingerprint density at radius 1 is 0.972 bits per heavy atom. The zero-order valence-corrected chi connectivity index (χ0v) is 22.8. The Hall–Kier alpha value is -3.20. The van der Waals surface area contributed by atoms with Gasteiger partial charge in [-0.1, -0.05) is 71.9 Å². The molecule has 5 aromatic rings. The molecule has 0 atom stereocenters. The van der Waals surface area contributed by atoms with Crippen molar-refractivity contribution in [2.45, 2.75) is 78.0 Å². The van der Waals surface area contributed by atoms with Gasteiger partial charge >= 0.3 is 0 Å². The van der Waals surface area contributed by atoms with Crippen molar-refractivity contribution < 1.29 is 10.4 Å². The zero-order valence-electron chi connectivity index (χ0n) is 23.8. The van der Waals surface area contributed by atoms with Crippen LogP contribution in [0.1, 0.15) is 83.9 Å². The summed E-state index contributed by atoms with van der Waals surface area (Å²) in [7, 11) is 2.13. The average Bonchev–Trinajstić information content (AvgIpc) is 3.17. The van der Waals surface area contributed by atoms with Crippen molar-refractivity contribution in [2.24, 2.45) is 7.05 Å². The summed E-state index contributed by atoms with van der Waals surface area (Å²) >= 11 is 0. The highest BCUT2D eigenvalue weighted by Gasteiger charge is 2.45. The third-order valence-electron chi connectivity index (χ3n) is 8.48. The first-order valence-corrected chi connectivity index (χ1v) is 13.1. The first kappa shape index (κ1) is 22.0. The number of rotatable bonds is 2. The summed E-state index contributed by atoms with van der Waals surface area (Å²) < 4.78 is 18.0. The lowest BCUT2D eigenvalue weighted by atomic mass is 9.60. The Morgan fingerprint density at radius 2 is 1.67 bits per heavy atom. The van der Waals surface area contributed by atoms with E-state index in [9.17, 15) is 0 Å². The van der Waals surface area contributed by atoms with Gasteiger partial charge in [-0.15, -0.1) is 0 Å². The van der Waals surface area contributed by atoms with Crippen LogP contribution in [0.25, 0.3) is 44.2 Å². The van der Waals surface area contributed by atoms with Crippen LogP contribution in [0.2, 0.25) is 0 Å². The fourth-order valence-corrected chi connectivity index (χ4v) is 6.43. The van der Waals surface area contributed by atoms with E-state index in [1.807, 2.05) is 26.0 Å². The van der Waals surface area contributed by atoms with Crippen LogP contribution in [0.3, 0.4) is 0 Å². The van der Waals surface area contributed by atoms with E-state index < -0.39 is 5.89 Å². The van der Waals surface area contributed by atoms with E-state index in [0.29, 0.717) is 5.71 Å². The maximum atomic E-state index is 9.07. The second-order valence-corrected chi connectivity index (χ2v) is 12.3. The number of aryl methyl sites for hydroxylation is 2. The van der Waals surface area contributed by atoms with Gasteiger partial charge in [0.2, 0.25) is 11.4 Å². The Balaban J connectivity index is 1.78. The summed E-state index contributed by atoms with van der Waals surface area (Å²) in [6.45, 7) is 15.7. The van der Waals surface area contributed by atoms with Gasteiger partial charge in [-0.2, -0.15) is 0 Å². The maximum absolute atomic E-state index is 9.07. The minimum atomic E-state index is -0.699. The van der Waals surface area contributed by atoms with Crippen LogP contribution in [0, 0.1) is 6.92 Å². The Bertz CT molecular complexity index is 1730. The summed E-state index contributed by atoms with van der Waals surface area (Å²) in [4.78, 5) is 4.89. The lowest BCUT2D eigenvalue weighted by Crippen LogP contribution is -2.43. The molecule has 0 bridgehead atoms. The SMILES string of the molecule is [2H]C(C)(C)c1c[n+](C)c(-c2c(C)ccc3c2oc2nc4ccccc4cc23)c2c1C(C)(C)CCC2(C)C. The highest BCUT2D eigenvalue weighted by molar-refractivity contribution is 6.11. The quantitative estimate of drug-likeness (QED) is 0.238. The van der Waals surface area contributed by atoms with Gasteiger partial charge in [0, 0.05) is 28.7 Å². The van der Waals surface area contributed by atoms with Crippen LogP contribution >= 0.6 is 0 Å². The van der Waals surface area contributed by atoms with Crippen molar-refractivity contribution in [1.29, 1.82) is 0 Å². The molecule has 6 rings (SSSR count). The summed E-state index contributed by atoms with van der Waals surface area (Å²) in [5, 5.41) is 3.27. The van der Waals surface area contributed by atoms with Crippen molar-refractivity contribution in [3.63, 3.8) is 0 Å². The van der Waals surface area contributed by atoms with Gasteiger partial charge in [0.1, 0.15) is 7.05 Å². The number of aromatic nitrogens is 2. The van der Waals surface area contributed by atoms with Crippen LogP contribution in [-0.2, 0) is 17.9 Å². The van der Waals surface area contributed by atoms with E-state index in [1.54, 1.807) is 0 Å². The highest BCUT2D eigenvalue weighted by atomic mass is 16.3. The molecule has 0 aliphatic heterocycles. The third-order valence-corrected chi connectivity index (χ3v) is 8.48. The average molecular weight is 479 g/mol. The second-order valence-electron chi connectivity index (χ2n) is 12.3. The van der Waals surface area contributed by atoms with Gasteiger partial charge < -0.3 is 4.42 Å². The van der Waals surface area contributed by atoms with Crippen molar-refractivity contribution in [1.82, 2.24) is 4.98 Å². The number of para-hydroxylation sites is 1. The van der Waals surface area contributed by atoms with Gasteiger partial charge in [-0.25, -0.2) is 9.55 Å². The van der Waals surface area contributed by atoms with Crippen LogP contribution in [0.15, 0.2) is 53.1 Å². The van der Waals surface area contributed by atoms with Crippen molar-refractivity contribution in [3.05, 3.63) is 70.9 Å². The molecule has 0 fully saturated rings. The molecule has 0 spiro atoms. The number of hydrogen-bond donors (Lipinski definition) is 0. The Kier molecular flexibility index (Phi) is 4.68. The summed E-state index contributed by atoms with van der Waals surface area (Å²) in [5.41, 5.74) is 9.81. The van der Waals surface area contributed by atoms with E-state index in [4.69, 9.17) is 10.8 Å². The molecule has 0 saturated heterocycles. The number of fused-ring (bicyclic) bond motifs is 5. The minimum Gasteiger partial charge on any atom is -0.437 e. The van der Waals surface area contributed by atoms with Crippen molar-refractivity contribution in [2.75, 3.05) is 0 Å². The molecule has 3 heteroatoms. The highest BCUT2D eigenvalue weighted by Crippen LogP contribution is 2.52. The molecular formula is C33H37N2O+. The molecule has 1 aliphatic rings. The monoisotopic (exact) mass is 478 g/mol. The fourth-order valence-electron chi connectivity index (χ4n) is 6.43. The molecule has 0 radical (unpaired) electrons. The molecule has 3 nitrogen and oxygen atoms in total. The molecule has 0 unspecified atom stereocenters. The van der Waals surface area contributed by atoms with Gasteiger partial charge in [-0.05, 0) is 59.7 Å². The van der Waals surface area contributed by atoms with Crippen LogP contribution in [0.4, 0.5) is 0 Å². The molecule has 3 heterocycles. The van der Waals surface area contributed by atoms with Crippen molar-refractivity contribution >= 4 is 33.0 Å². The van der Waals surface area contributed by atoms with Gasteiger partial charge in [-0.3, -0.25) is 0 Å². The molecule has 0 N–H and O–H groups in total. The molecule has 184 valence electrons. The fraction of sp³-hybridized carbons (Fsp3) is 0.394. The lowest BCUT2D eigenvalue weighted by molar-refractivity contribution is -0.661. The van der Waals surface area contributed by atoms with E-state index in [-0.39, 0.29) is 10.8 Å². The molecule has 3 aromatic heterocycles. The zero-order chi connectivity index (χ0) is 26.5. The molecule has 36 heavy (non-hydrogen) atoms. The first-order valence-electron chi connectivity index (χ1n) is 13.6. The number of pyridine rings is 2. The molecule has 1 aliphatic carbocycles. The number of hydrogen-bond acceptors (Lipinski definition) is 2. The molecule has 0 amide bonds. The standard InChI is InChI=1S/C33H37N2O/c1-19(2)24-18-35(8)29(28-27(24)32(4,5)15-16-33(28,6)7)26-20(3)13-14-22-23-17-21-11-9-10-12-25(21)34-31(23)36-30(22)26/h9-14,17-19H,15-16H2,1-8H3/q+1/i19D. The summed E-state index contributed by atoms with van der Waals surface area (Å²) in [6, 6.07) is 14.8. The van der Waals surface area contributed by atoms with E-state index in [2.05, 4.69) is 82.8 Å². The van der Waals surface area contributed by atoms with E-state index >= 15 is 0 Å². The molecular weight excluding hydrogens is 440 g/mol. The van der Waals surface area contributed by atoms with Gasteiger partial charge in [0.25, 0.3) is 0 Å². The second kappa shape index (κ2) is 7.65. The Morgan fingerprint density at radius 3 is 2.39 bits per heavy atom. The largest absolute Gasteiger partial charge is 0.437 e. The minimum absolute atomic E-state index is 0.0174. The maximum Gasteiger partial charge on any atom is 0.227 e. The Labute approximate surface area is 215 Å².